The molecular formula is C16H17N3OS. The number of rotatable bonds is 3. The SMILES string of the molecule is COc1ccc(Nc2cc3nc(C)sc3cc2N)cc1C. The molecule has 0 radical (unpaired) electrons. The van der Waals surface area contributed by atoms with E-state index in [-0.39, 0.29) is 0 Å². The number of thiazole rings is 1. The lowest BCUT2D eigenvalue weighted by molar-refractivity contribution is 0.412. The van der Waals surface area contributed by atoms with Gasteiger partial charge in [0.2, 0.25) is 0 Å². The molecule has 3 rings (SSSR count). The van der Waals surface area contributed by atoms with Gasteiger partial charge in [0.25, 0.3) is 0 Å². The summed E-state index contributed by atoms with van der Waals surface area (Å²) in [5.74, 6) is 0.874. The Morgan fingerprint density at radius 3 is 2.71 bits per heavy atom. The molecule has 0 amide bonds. The van der Waals surface area contributed by atoms with Crippen LogP contribution in [0, 0.1) is 13.8 Å². The van der Waals surface area contributed by atoms with Gasteiger partial charge in [0.15, 0.2) is 0 Å². The Morgan fingerprint density at radius 1 is 1.19 bits per heavy atom. The lowest BCUT2D eigenvalue weighted by atomic mass is 10.2. The molecule has 108 valence electrons. The van der Waals surface area contributed by atoms with E-state index >= 15 is 0 Å². The largest absolute Gasteiger partial charge is 0.496 e. The molecule has 0 saturated heterocycles. The summed E-state index contributed by atoms with van der Waals surface area (Å²) < 4.78 is 6.39. The summed E-state index contributed by atoms with van der Waals surface area (Å²) in [6.07, 6.45) is 0. The molecular weight excluding hydrogens is 282 g/mol. The molecule has 2 aromatic carbocycles. The lowest BCUT2D eigenvalue weighted by Crippen LogP contribution is -1.97. The van der Waals surface area contributed by atoms with E-state index in [0.717, 1.165) is 43.6 Å². The standard InChI is InChI=1S/C16H17N3OS/c1-9-6-11(4-5-15(9)20-3)19-13-8-14-16(7-12(13)17)21-10(2)18-14/h4-8,19H,17H2,1-3H3. The van der Waals surface area contributed by atoms with Crippen molar-refractivity contribution in [2.24, 2.45) is 0 Å². The van der Waals surface area contributed by atoms with Crippen molar-refractivity contribution in [3.63, 3.8) is 0 Å². The molecule has 0 bridgehead atoms. The molecule has 0 aliphatic rings. The van der Waals surface area contributed by atoms with Gasteiger partial charge in [-0.2, -0.15) is 0 Å². The number of nitrogen functional groups attached to an aromatic ring is 1. The lowest BCUT2D eigenvalue weighted by Gasteiger charge is -2.11. The van der Waals surface area contributed by atoms with Crippen molar-refractivity contribution in [1.82, 2.24) is 4.98 Å². The summed E-state index contributed by atoms with van der Waals surface area (Å²) in [6.45, 7) is 4.02. The third kappa shape index (κ3) is 2.64. The van der Waals surface area contributed by atoms with Crippen LogP contribution in [0.5, 0.6) is 5.75 Å². The highest BCUT2D eigenvalue weighted by Crippen LogP contribution is 2.32. The molecule has 0 fully saturated rings. The van der Waals surface area contributed by atoms with Crippen molar-refractivity contribution in [3.05, 3.63) is 40.9 Å². The molecule has 0 spiro atoms. The minimum Gasteiger partial charge on any atom is -0.496 e. The first kappa shape index (κ1) is 13.7. The molecule has 0 unspecified atom stereocenters. The molecule has 5 heteroatoms. The smallest absolute Gasteiger partial charge is 0.121 e. The fourth-order valence-corrected chi connectivity index (χ4v) is 3.18. The molecule has 0 saturated carbocycles. The Bertz CT molecular complexity index is 811. The summed E-state index contributed by atoms with van der Waals surface area (Å²) in [6, 6.07) is 9.92. The fraction of sp³-hybridized carbons (Fsp3) is 0.188. The number of hydrogen-bond acceptors (Lipinski definition) is 5. The highest BCUT2D eigenvalue weighted by Gasteiger charge is 2.07. The van der Waals surface area contributed by atoms with Crippen LogP contribution in [0.1, 0.15) is 10.6 Å². The third-order valence-corrected chi connectivity index (χ3v) is 4.27. The average molecular weight is 299 g/mol. The van der Waals surface area contributed by atoms with Crippen molar-refractivity contribution in [1.29, 1.82) is 0 Å². The van der Waals surface area contributed by atoms with Gasteiger partial charge in [0.05, 0.1) is 33.7 Å². The molecule has 1 aromatic heterocycles. The van der Waals surface area contributed by atoms with Crippen molar-refractivity contribution in [2.45, 2.75) is 13.8 Å². The highest BCUT2D eigenvalue weighted by molar-refractivity contribution is 7.18. The Kier molecular flexibility index (Phi) is 3.43. The van der Waals surface area contributed by atoms with Gasteiger partial charge >= 0.3 is 0 Å². The van der Waals surface area contributed by atoms with Crippen LogP contribution in [-0.2, 0) is 0 Å². The number of nitrogens with two attached hydrogens (primary N) is 1. The molecule has 0 atom stereocenters. The summed E-state index contributed by atoms with van der Waals surface area (Å²) >= 11 is 1.65. The highest BCUT2D eigenvalue weighted by atomic mass is 32.1. The molecule has 1 heterocycles. The van der Waals surface area contributed by atoms with Crippen LogP contribution in [0.25, 0.3) is 10.2 Å². The van der Waals surface area contributed by atoms with Crippen molar-refractivity contribution >= 4 is 38.6 Å². The minimum atomic E-state index is 0.722. The van der Waals surface area contributed by atoms with Crippen LogP contribution >= 0.6 is 11.3 Å². The topological polar surface area (TPSA) is 60.2 Å². The number of aromatic nitrogens is 1. The maximum atomic E-state index is 6.13. The number of fused-ring (bicyclic) bond motifs is 1. The van der Waals surface area contributed by atoms with E-state index in [0.29, 0.717) is 0 Å². The summed E-state index contributed by atoms with van der Waals surface area (Å²) in [4.78, 5) is 4.50. The zero-order valence-electron chi connectivity index (χ0n) is 12.2. The second-order valence-corrected chi connectivity index (χ2v) is 6.18. The van der Waals surface area contributed by atoms with Crippen LogP contribution in [0.3, 0.4) is 0 Å². The minimum absolute atomic E-state index is 0.722. The van der Waals surface area contributed by atoms with Gasteiger partial charge in [-0.25, -0.2) is 4.98 Å². The van der Waals surface area contributed by atoms with Gasteiger partial charge < -0.3 is 15.8 Å². The van der Waals surface area contributed by atoms with Crippen LogP contribution < -0.4 is 15.8 Å². The molecule has 0 aliphatic carbocycles. The van der Waals surface area contributed by atoms with Crippen LogP contribution in [0.15, 0.2) is 30.3 Å². The number of ether oxygens (including phenoxy) is 1. The number of benzene rings is 2. The van der Waals surface area contributed by atoms with Crippen LogP contribution in [0.4, 0.5) is 17.1 Å². The Balaban J connectivity index is 1.97. The van der Waals surface area contributed by atoms with Gasteiger partial charge in [-0.15, -0.1) is 11.3 Å². The summed E-state index contributed by atoms with van der Waals surface area (Å²) in [5.41, 5.74) is 10.7. The van der Waals surface area contributed by atoms with Crippen molar-refractivity contribution in [3.8, 4) is 5.75 Å². The zero-order valence-corrected chi connectivity index (χ0v) is 13.0. The molecule has 0 aliphatic heterocycles. The molecule has 21 heavy (non-hydrogen) atoms. The fourth-order valence-electron chi connectivity index (χ4n) is 2.32. The maximum Gasteiger partial charge on any atom is 0.121 e. The number of hydrogen-bond donors (Lipinski definition) is 2. The van der Waals surface area contributed by atoms with E-state index in [1.165, 1.54) is 0 Å². The number of anilines is 3. The normalized spacial score (nSPS) is 10.8. The number of aryl methyl sites for hydroxylation is 2. The second kappa shape index (κ2) is 5.26. The monoisotopic (exact) mass is 299 g/mol. The number of methoxy groups -OCH3 is 1. The van der Waals surface area contributed by atoms with E-state index in [1.54, 1.807) is 18.4 Å². The predicted molar refractivity (Wildman–Crippen MR) is 89.8 cm³/mol. The Hall–Kier alpha value is -2.27. The van der Waals surface area contributed by atoms with Gasteiger partial charge in [0, 0.05) is 5.69 Å². The van der Waals surface area contributed by atoms with Crippen LogP contribution in [0.2, 0.25) is 0 Å². The quantitative estimate of drug-likeness (QED) is 0.710. The van der Waals surface area contributed by atoms with E-state index in [1.807, 2.05) is 44.2 Å². The summed E-state index contributed by atoms with van der Waals surface area (Å²) in [7, 11) is 1.67. The predicted octanol–water partition coefficient (Wildman–Crippen LogP) is 4.25. The van der Waals surface area contributed by atoms with Crippen molar-refractivity contribution in [2.75, 3.05) is 18.2 Å². The third-order valence-electron chi connectivity index (χ3n) is 3.34. The van der Waals surface area contributed by atoms with Gasteiger partial charge in [-0.3, -0.25) is 0 Å². The van der Waals surface area contributed by atoms with Crippen LogP contribution in [-0.4, -0.2) is 12.1 Å². The van der Waals surface area contributed by atoms with E-state index in [4.69, 9.17) is 10.5 Å². The van der Waals surface area contributed by atoms with E-state index < -0.39 is 0 Å². The zero-order chi connectivity index (χ0) is 15.0. The van der Waals surface area contributed by atoms with Gasteiger partial charge in [0.1, 0.15) is 5.75 Å². The number of nitrogens with zero attached hydrogens (tertiary/aromatic N) is 1. The van der Waals surface area contributed by atoms with E-state index in [2.05, 4.69) is 10.3 Å². The first-order valence-corrected chi connectivity index (χ1v) is 7.47. The maximum absolute atomic E-state index is 6.13. The van der Waals surface area contributed by atoms with Gasteiger partial charge in [-0.05, 0) is 49.7 Å². The Morgan fingerprint density at radius 2 is 2.00 bits per heavy atom. The number of nitrogens with one attached hydrogen (secondary N) is 1. The van der Waals surface area contributed by atoms with E-state index in [9.17, 15) is 0 Å². The molecule has 4 nitrogen and oxygen atoms in total. The van der Waals surface area contributed by atoms with Crippen molar-refractivity contribution < 1.29 is 4.74 Å². The summed E-state index contributed by atoms with van der Waals surface area (Å²) in [5, 5.41) is 4.39. The Labute approximate surface area is 127 Å². The average Bonchev–Trinajstić information content (AvgIpc) is 2.78. The first-order valence-electron chi connectivity index (χ1n) is 6.65. The molecule has 3 aromatic rings. The van der Waals surface area contributed by atoms with Gasteiger partial charge in [-0.1, -0.05) is 0 Å². The second-order valence-electron chi connectivity index (χ2n) is 4.95. The molecule has 3 N–H and O–H groups in total. The first-order chi connectivity index (χ1) is 10.1.